The van der Waals surface area contributed by atoms with E-state index in [0.717, 1.165) is 0 Å². The molecule has 5 nitrogen and oxygen atoms in total. The second kappa shape index (κ2) is 9.17. The van der Waals surface area contributed by atoms with Gasteiger partial charge in [0.05, 0.1) is 10.8 Å². The number of nitrogens with zero attached hydrogens (tertiary/aromatic N) is 3. The monoisotopic (exact) mass is 416 g/mol. The molecule has 1 aromatic heterocycles. The van der Waals surface area contributed by atoms with Crippen molar-refractivity contribution >= 4 is 23.4 Å². The number of rotatable bonds is 7. The van der Waals surface area contributed by atoms with Crippen molar-refractivity contribution in [3.05, 3.63) is 60.2 Å². The van der Waals surface area contributed by atoms with Gasteiger partial charge in [-0.1, -0.05) is 37.7 Å². The van der Waals surface area contributed by atoms with Crippen LogP contribution in [0.3, 0.4) is 0 Å². The lowest BCUT2D eigenvalue weighted by Gasteiger charge is -2.15. The predicted molar refractivity (Wildman–Crippen MR) is 111 cm³/mol. The molecule has 0 aliphatic carbocycles. The first-order chi connectivity index (χ1) is 13.8. The van der Waals surface area contributed by atoms with E-state index >= 15 is 0 Å². The number of anilines is 1. The highest BCUT2D eigenvalue weighted by molar-refractivity contribution is 8.00. The molecule has 0 spiro atoms. The fourth-order valence-corrected chi connectivity index (χ4v) is 3.59. The minimum absolute atomic E-state index is 0.242. The largest absolute Gasteiger partial charge is 0.325 e. The number of carbonyl (C=O) groups is 1. The van der Waals surface area contributed by atoms with Crippen molar-refractivity contribution in [3.63, 3.8) is 0 Å². The van der Waals surface area contributed by atoms with Crippen molar-refractivity contribution in [2.24, 2.45) is 5.92 Å². The van der Waals surface area contributed by atoms with Gasteiger partial charge in [-0.15, -0.1) is 10.2 Å². The second-order valence-electron chi connectivity index (χ2n) is 7.05. The Labute approximate surface area is 172 Å². The van der Waals surface area contributed by atoms with Crippen molar-refractivity contribution in [1.29, 1.82) is 0 Å². The molecule has 1 atom stereocenters. The van der Waals surface area contributed by atoms with Crippen LogP contribution in [-0.2, 0) is 11.3 Å². The molecule has 0 bridgehead atoms. The van der Waals surface area contributed by atoms with E-state index in [0.29, 0.717) is 28.8 Å². The van der Waals surface area contributed by atoms with E-state index < -0.39 is 5.25 Å². The number of aromatic nitrogens is 3. The molecule has 0 radical (unpaired) electrons. The molecule has 3 rings (SSSR count). The van der Waals surface area contributed by atoms with Crippen LogP contribution >= 0.6 is 11.8 Å². The number of thioether (sulfide) groups is 1. The van der Waals surface area contributed by atoms with E-state index in [1.807, 2.05) is 18.4 Å². The molecule has 1 N–H and O–H groups in total. The number of nitrogens with one attached hydrogen (secondary N) is 1. The van der Waals surface area contributed by atoms with Crippen LogP contribution in [0.25, 0.3) is 11.4 Å². The topological polar surface area (TPSA) is 59.8 Å². The summed E-state index contributed by atoms with van der Waals surface area (Å²) in [5.41, 5.74) is 0.885. The number of hydrogen-bond donors (Lipinski definition) is 1. The summed E-state index contributed by atoms with van der Waals surface area (Å²) in [7, 11) is 0. The van der Waals surface area contributed by atoms with Gasteiger partial charge >= 0.3 is 0 Å². The summed E-state index contributed by atoms with van der Waals surface area (Å²) in [6, 6.07) is 12.0. The third-order valence-electron chi connectivity index (χ3n) is 4.14. The average Bonchev–Trinajstić information content (AvgIpc) is 3.05. The zero-order chi connectivity index (χ0) is 21.0. The average molecular weight is 416 g/mol. The number of benzene rings is 2. The molecule has 29 heavy (non-hydrogen) atoms. The fourth-order valence-electron chi connectivity index (χ4n) is 2.74. The van der Waals surface area contributed by atoms with Crippen LogP contribution in [0, 0.1) is 17.6 Å². The van der Waals surface area contributed by atoms with Crippen molar-refractivity contribution in [2.45, 2.75) is 37.7 Å². The van der Waals surface area contributed by atoms with Gasteiger partial charge in [-0.05, 0) is 49.2 Å². The van der Waals surface area contributed by atoms with Crippen LogP contribution < -0.4 is 5.32 Å². The van der Waals surface area contributed by atoms with Gasteiger partial charge in [-0.25, -0.2) is 8.78 Å². The number of amides is 1. The van der Waals surface area contributed by atoms with Gasteiger partial charge in [0.2, 0.25) is 5.91 Å². The van der Waals surface area contributed by atoms with Crippen LogP contribution in [0.2, 0.25) is 0 Å². The van der Waals surface area contributed by atoms with Crippen LogP contribution in [0.4, 0.5) is 14.5 Å². The second-order valence-corrected chi connectivity index (χ2v) is 8.35. The Balaban J connectivity index is 1.81. The lowest BCUT2D eigenvalue weighted by atomic mass is 10.2. The number of carbonyl (C=O) groups excluding carboxylic acids is 1. The maximum Gasteiger partial charge on any atom is 0.237 e. The Bertz CT molecular complexity index is 989. The van der Waals surface area contributed by atoms with E-state index in [-0.39, 0.29) is 23.5 Å². The summed E-state index contributed by atoms with van der Waals surface area (Å²) in [6.45, 7) is 6.43. The van der Waals surface area contributed by atoms with E-state index in [1.165, 1.54) is 42.1 Å². The molecule has 8 heteroatoms. The molecule has 0 saturated carbocycles. The van der Waals surface area contributed by atoms with Gasteiger partial charge < -0.3 is 9.88 Å². The van der Waals surface area contributed by atoms with Crippen LogP contribution in [0.5, 0.6) is 0 Å². The highest BCUT2D eigenvalue weighted by Gasteiger charge is 2.22. The molecular formula is C21H22F2N4OS. The quantitative estimate of drug-likeness (QED) is 0.551. The smallest absolute Gasteiger partial charge is 0.237 e. The molecule has 0 unspecified atom stereocenters. The maximum absolute atomic E-state index is 14.3. The SMILES string of the molecule is CC(C)Cn1c(S[C@@H](C)C(=O)Nc2ccc(F)cc2)nnc1-c1ccccc1F. The molecule has 0 aliphatic rings. The summed E-state index contributed by atoms with van der Waals surface area (Å²) in [4.78, 5) is 12.5. The first-order valence-electron chi connectivity index (χ1n) is 9.26. The van der Waals surface area contributed by atoms with Gasteiger partial charge in [-0.3, -0.25) is 4.79 Å². The molecule has 0 aliphatic heterocycles. The van der Waals surface area contributed by atoms with Crippen LogP contribution in [0.15, 0.2) is 53.7 Å². The van der Waals surface area contributed by atoms with Crippen molar-refractivity contribution < 1.29 is 13.6 Å². The maximum atomic E-state index is 14.3. The Hall–Kier alpha value is -2.74. The van der Waals surface area contributed by atoms with Gasteiger partial charge in [0.25, 0.3) is 0 Å². The van der Waals surface area contributed by atoms with Gasteiger partial charge in [-0.2, -0.15) is 0 Å². The molecule has 0 fully saturated rings. The Morgan fingerprint density at radius 1 is 1.07 bits per heavy atom. The fraction of sp³-hybridized carbons (Fsp3) is 0.286. The van der Waals surface area contributed by atoms with Crippen molar-refractivity contribution in [1.82, 2.24) is 14.8 Å². The van der Waals surface area contributed by atoms with E-state index in [2.05, 4.69) is 15.5 Å². The van der Waals surface area contributed by atoms with Gasteiger partial charge in [0.15, 0.2) is 11.0 Å². The molecule has 2 aromatic carbocycles. The molecule has 3 aromatic rings. The van der Waals surface area contributed by atoms with Gasteiger partial charge in [0, 0.05) is 12.2 Å². The molecular weight excluding hydrogens is 394 g/mol. The van der Waals surface area contributed by atoms with Crippen LogP contribution in [0.1, 0.15) is 20.8 Å². The lowest BCUT2D eigenvalue weighted by Crippen LogP contribution is -2.23. The highest BCUT2D eigenvalue weighted by atomic mass is 32.2. The lowest BCUT2D eigenvalue weighted by molar-refractivity contribution is -0.115. The highest BCUT2D eigenvalue weighted by Crippen LogP contribution is 2.29. The summed E-state index contributed by atoms with van der Waals surface area (Å²) in [5.74, 6) is -0.269. The zero-order valence-electron chi connectivity index (χ0n) is 16.4. The summed E-state index contributed by atoms with van der Waals surface area (Å²) in [5, 5.41) is 11.2. The minimum atomic E-state index is -0.483. The van der Waals surface area contributed by atoms with Gasteiger partial charge in [0.1, 0.15) is 11.6 Å². The third-order valence-corrected chi connectivity index (χ3v) is 5.22. The predicted octanol–water partition coefficient (Wildman–Crippen LogP) is 5.00. The summed E-state index contributed by atoms with van der Waals surface area (Å²) >= 11 is 1.24. The third kappa shape index (κ3) is 5.20. The summed E-state index contributed by atoms with van der Waals surface area (Å²) in [6.07, 6.45) is 0. The van der Waals surface area contributed by atoms with Crippen molar-refractivity contribution in [2.75, 3.05) is 5.32 Å². The molecule has 1 amide bonds. The van der Waals surface area contributed by atoms with E-state index in [1.54, 1.807) is 25.1 Å². The standard InChI is InChI=1S/C21H22F2N4OS/c1-13(2)12-27-19(17-6-4-5-7-18(17)23)25-26-21(27)29-14(3)20(28)24-16-10-8-15(22)9-11-16/h4-11,13-14H,12H2,1-3H3,(H,24,28)/t14-/m0/s1. The normalized spacial score (nSPS) is 12.2. The molecule has 0 saturated heterocycles. The Morgan fingerprint density at radius 2 is 1.76 bits per heavy atom. The van der Waals surface area contributed by atoms with Crippen molar-refractivity contribution in [3.8, 4) is 11.4 Å². The first kappa shape index (κ1) is 21.0. The van der Waals surface area contributed by atoms with E-state index in [9.17, 15) is 13.6 Å². The molecule has 152 valence electrons. The van der Waals surface area contributed by atoms with Crippen LogP contribution in [-0.4, -0.2) is 25.9 Å². The Morgan fingerprint density at radius 3 is 2.41 bits per heavy atom. The minimum Gasteiger partial charge on any atom is -0.325 e. The number of hydrogen-bond acceptors (Lipinski definition) is 4. The zero-order valence-corrected chi connectivity index (χ0v) is 17.2. The Kier molecular flexibility index (Phi) is 6.64. The number of halogens is 2. The first-order valence-corrected chi connectivity index (χ1v) is 10.1. The van der Waals surface area contributed by atoms with E-state index in [4.69, 9.17) is 0 Å². The molecule has 1 heterocycles. The summed E-state index contributed by atoms with van der Waals surface area (Å²) < 4.78 is 29.2.